The van der Waals surface area contributed by atoms with E-state index in [0.29, 0.717) is 16.3 Å². The summed E-state index contributed by atoms with van der Waals surface area (Å²) < 4.78 is 10.6. The molecule has 3 rings (SSSR count). The Morgan fingerprint density at radius 2 is 1.82 bits per heavy atom. The zero-order chi connectivity index (χ0) is 23.8. The molecule has 11 heteroatoms. The van der Waals surface area contributed by atoms with Crippen molar-refractivity contribution in [1.29, 1.82) is 0 Å². The minimum atomic E-state index is -0.676. The third-order valence-corrected chi connectivity index (χ3v) is 4.57. The van der Waals surface area contributed by atoms with E-state index in [0.717, 1.165) is 0 Å². The molecule has 33 heavy (non-hydrogen) atoms. The Morgan fingerprint density at radius 3 is 2.52 bits per heavy atom. The number of nitro benzene ring substituents is 1. The first-order valence-corrected chi connectivity index (χ1v) is 10.0. The number of nitrogens with one attached hydrogen (secondary N) is 1. The Kier molecular flexibility index (Phi) is 7.96. The van der Waals surface area contributed by atoms with Gasteiger partial charge < -0.3 is 9.47 Å². The van der Waals surface area contributed by atoms with Crippen LogP contribution in [-0.2, 0) is 4.79 Å². The van der Waals surface area contributed by atoms with Crippen LogP contribution in [0.2, 0.25) is 10.0 Å². The van der Waals surface area contributed by atoms with Gasteiger partial charge in [0.1, 0.15) is 11.5 Å². The number of hydrazone groups is 1. The molecule has 0 heterocycles. The second-order valence-electron chi connectivity index (χ2n) is 6.42. The number of rotatable bonds is 8. The average Bonchev–Trinajstić information content (AvgIpc) is 2.79. The van der Waals surface area contributed by atoms with Crippen LogP contribution in [0.4, 0.5) is 5.69 Å². The highest BCUT2D eigenvalue weighted by molar-refractivity contribution is 6.35. The maximum Gasteiger partial charge on any atom is 0.343 e. The first kappa shape index (κ1) is 23.7. The van der Waals surface area contributed by atoms with Crippen molar-refractivity contribution in [3.63, 3.8) is 0 Å². The third-order valence-electron chi connectivity index (χ3n) is 4.04. The quantitative estimate of drug-likeness (QED) is 0.162. The molecule has 0 radical (unpaired) electrons. The van der Waals surface area contributed by atoms with E-state index in [1.165, 1.54) is 42.6 Å². The summed E-state index contributed by atoms with van der Waals surface area (Å²) in [5, 5.41) is 15.3. The number of nitro groups is 1. The summed E-state index contributed by atoms with van der Waals surface area (Å²) in [5.74, 6) is -0.652. The maximum atomic E-state index is 12.2. The van der Waals surface area contributed by atoms with Gasteiger partial charge in [-0.1, -0.05) is 35.3 Å². The fraction of sp³-hybridized carbons (Fsp3) is 0.0455. The molecule has 0 bridgehead atoms. The number of carbonyl (C=O) groups excluding carboxylic acids is 2. The number of benzene rings is 3. The van der Waals surface area contributed by atoms with E-state index < -0.39 is 16.8 Å². The summed E-state index contributed by atoms with van der Waals surface area (Å²) in [7, 11) is 0. The molecule has 0 saturated heterocycles. The van der Waals surface area contributed by atoms with Crippen LogP contribution in [0.3, 0.4) is 0 Å². The number of hydrogen-bond donors (Lipinski definition) is 1. The molecule has 168 valence electrons. The number of halogens is 2. The van der Waals surface area contributed by atoms with Crippen molar-refractivity contribution in [2.24, 2.45) is 5.10 Å². The second-order valence-corrected chi connectivity index (χ2v) is 7.27. The highest BCUT2D eigenvalue weighted by atomic mass is 35.5. The van der Waals surface area contributed by atoms with E-state index in [1.54, 1.807) is 30.3 Å². The molecule has 0 aromatic heterocycles. The summed E-state index contributed by atoms with van der Waals surface area (Å²) in [5.41, 5.74) is 2.88. The smallest absolute Gasteiger partial charge is 0.343 e. The van der Waals surface area contributed by atoms with Crippen molar-refractivity contribution in [2.45, 2.75) is 0 Å². The Labute approximate surface area is 197 Å². The van der Waals surface area contributed by atoms with Crippen molar-refractivity contribution in [3.8, 4) is 11.5 Å². The lowest BCUT2D eigenvalue weighted by molar-refractivity contribution is -0.384. The van der Waals surface area contributed by atoms with Gasteiger partial charge in [-0.2, -0.15) is 5.10 Å². The fourth-order valence-electron chi connectivity index (χ4n) is 2.49. The van der Waals surface area contributed by atoms with Crippen LogP contribution in [0.1, 0.15) is 15.9 Å². The predicted octanol–water partition coefficient (Wildman–Crippen LogP) is 4.65. The van der Waals surface area contributed by atoms with Crippen LogP contribution in [-0.4, -0.2) is 29.6 Å². The van der Waals surface area contributed by atoms with Crippen molar-refractivity contribution < 1.29 is 24.0 Å². The molecule has 9 nitrogen and oxygen atoms in total. The topological polar surface area (TPSA) is 120 Å². The molecule has 0 aliphatic rings. The van der Waals surface area contributed by atoms with Gasteiger partial charge in [0.2, 0.25) is 0 Å². The largest absolute Gasteiger partial charge is 0.482 e. The van der Waals surface area contributed by atoms with Crippen LogP contribution in [0, 0.1) is 10.1 Å². The molecule has 0 saturated carbocycles. The van der Waals surface area contributed by atoms with E-state index in [2.05, 4.69) is 10.5 Å². The highest BCUT2D eigenvalue weighted by Gasteiger charge is 2.12. The van der Waals surface area contributed by atoms with Gasteiger partial charge in [-0.05, 0) is 48.0 Å². The maximum absolute atomic E-state index is 12.2. The van der Waals surface area contributed by atoms with Crippen LogP contribution in [0.25, 0.3) is 0 Å². The normalized spacial score (nSPS) is 10.6. The monoisotopic (exact) mass is 487 g/mol. The number of hydrogen-bond acceptors (Lipinski definition) is 7. The molecule has 0 spiro atoms. The lowest BCUT2D eigenvalue weighted by Gasteiger charge is -2.07. The summed E-state index contributed by atoms with van der Waals surface area (Å²) in [6, 6.07) is 16.1. The first-order chi connectivity index (χ1) is 15.8. The van der Waals surface area contributed by atoms with Crippen LogP contribution >= 0.6 is 23.2 Å². The van der Waals surface area contributed by atoms with Crippen molar-refractivity contribution >= 4 is 47.0 Å². The second kappa shape index (κ2) is 11.1. The van der Waals surface area contributed by atoms with Crippen LogP contribution in [0.5, 0.6) is 11.5 Å². The third kappa shape index (κ3) is 7.03. The van der Waals surface area contributed by atoms with Gasteiger partial charge in [-0.25, -0.2) is 10.2 Å². The molecule has 3 aromatic rings. The van der Waals surface area contributed by atoms with Gasteiger partial charge in [0, 0.05) is 17.2 Å². The van der Waals surface area contributed by atoms with Crippen LogP contribution < -0.4 is 14.9 Å². The van der Waals surface area contributed by atoms with Gasteiger partial charge in [0.25, 0.3) is 11.6 Å². The van der Waals surface area contributed by atoms with Gasteiger partial charge in [-0.3, -0.25) is 14.9 Å². The number of ether oxygens (including phenoxy) is 2. The Balaban J connectivity index is 1.53. The van der Waals surface area contributed by atoms with Crippen molar-refractivity contribution in [3.05, 3.63) is 98.0 Å². The van der Waals surface area contributed by atoms with Crippen LogP contribution in [0.15, 0.2) is 71.8 Å². The molecular formula is C22H15Cl2N3O6. The number of carbonyl (C=O) groups is 2. The van der Waals surface area contributed by atoms with Crippen molar-refractivity contribution in [2.75, 3.05) is 6.61 Å². The summed E-state index contributed by atoms with van der Waals surface area (Å²) in [6.45, 7) is -0.314. The Morgan fingerprint density at radius 1 is 1.06 bits per heavy atom. The van der Waals surface area contributed by atoms with Gasteiger partial charge >= 0.3 is 5.97 Å². The summed E-state index contributed by atoms with van der Waals surface area (Å²) in [4.78, 5) is 34.3. The number of non-ortho nitro benzene ring substituents is 1. The standard InChI is InChI=1S/C22H15Cl2N3O6/c23-16-6-9-20(19(24)11-16)32-13-21(28)26-25-12-14-2-1-3-18(10-14)33-22(29)15-4-7-17(8-5-15)27(30)31/h1-12H,13H2,(H,26,28)/b25-12+. The van der Waals surface area contributed by atoms with Gasteiger partial charge in [0.15, 0.2) is 6.61 Å². The molecule has 0 atom stereocenters. The SMILES string of the molecule is O=C(COc1ccc(Cl)cc1Cl)N/N=C/c1cccc(OC(=O)c2ccc([N+](=O)[O-])cc2)c1. The average molecular weight is 488 g/mol. The molecule has 0 fully saturated rings. The molecule has 0 aliphatic heterocycles. The van der Waals surface area contributed by atoms with E-state index in [4.69, 9.17) is 32.7 Å². The van der Waals surface area contributed by atoms with Gasteiger partial charge in [0.05, 0.1) is 21.7 Å². The molecule has 1 amide bonds. The minimum absolute atomic E-state index is 0.131. The summed E-state index contributed by atoms with van der Waals surface area (Å²) >= 11 is 11.8. The van der Waals surface area contributed by atoms with E-state index in [1.807, 2.05) is 0 Å². The number of nitrogens with zero attached hydrogens (tertiary/aromatic N) is 2. The molecule has 0 unspecified atom stereocenters. The molecule has 1 N–H and O–H groups in total. The predicted molar refractivity (Wildman–Crippen MR) is 122 cm³/mol. The molecule has 3 aromatic carbocycles. The van der Waals surface area contributed by atoms with Gasteiger partial charge in [-0.15, -0.1) is 0 Å². The van der Waals surface area contributed by atoms with E-state index in [9.17, 15) is 19.7 Å². The minimum Gasteiger partial charge on any atom is -0.482 e. The lowest BCUT2D eigenvalue weighted by atomic mass is 10.2. The van der Waals surface area contributed by atoms with E-state index in [-0.39, 0.29) is 28.6 Å². The highest BCUT2D eigenvalue weighted by Crippen LogP contribution is 2.27. The zero-order valence-electron chi connectivity index (χ0n) is 16.7. The number of esters is 1. The van der Waals surface area contributed by atoms with Crippen molar-refractivity contribution in [1.82, 2.24) is 5.43 Å². The lowest BCUT2D eigenvalue weighted by Crippen LogP contribution is -2.24. The number of amides is 1. The zero-order valence-corrected chi connectivity index (χ0v) is 18.2. The molecule has 0 aliphatic carbocycles. The van der Waals surface area contributed by atoms with E-state index >= 15 is 0 Å². The molecular weight excluding hydrogens is 473 g/mol. The first-order valence-electron chi connectivity index (χ1n) is 9.28. The summed E-state index contributed by atoms with van der Waals surface area (Å²) in [6.07, 6.45) is 1.36. The Hall–Kier alpha value is -3.95. The Bertz CT molecular complexity index is 1220. The fourth-order valence-corrected chi connectivity index (χ4v) is 2.95.